The minimum Gasteiger partial charge on any atom is -0.483 e. The highest BCUT2D eigenvalue weighted by Crippen LogP contribution is 2.33. The smallest absolute Gasteiger partial charge is 0.262 e. The maximum absolute atomic E-state index is 13.0. The molecule has 1 atom stereocenters. The summed E-state index contributed by atoms with van der Waals surface area (Å²) < 4.78 is 11.0. The SMILES string of the molecule is CC1CN(C(=O)c2ccccc2OCC(N)=O)c2cccnc2O1. The van der Waals surface area contributed by atoms with Crippen molar-refractivity contribution in [1.82, 2.24) is 4.98 Å². The first-order valence-electron chi connectivity index (χ1n) is 7.50. The number of para-hydroxylation sites is 1. The molecule has 2 N–H and O–H groups in total. The van der Waals surface area contributed by atoms with Crippen molar-refractivity contribution in [3.8, 4) is 11.6 Å². The lowest BCUT2D eigenvalue weighted by molar-refractivity contribution is -0.119. The Kier molecular flexibility index (Phi) is 4.33. The molecule has 1 aliphatic heterocycles. The molecule has 0 fully saturated rings. The Morgan fingerprint density at radius 1 is 1.33 bits per heavy atom. The van der Waals surface area contributed by atoms with Gasteiger partial charge in [0.1, 0.15) is 17.5 Å². The molecule has 7 heteroatoms. The van der Waals surface area contributed by atoms with Crippen LogP contribution in [0.15, 0.2) is 42.6 Å². The van der Waals surface area contributed by atoms with E-state index in [0.717, 1.165) is 0 Å². The lowest BCUT2D eigenvalue weighted by Crippen LogP contribution is -2.42. The highest BCUT2D eigenvalue weighted by atomic mass is 16.5. The molecule has 0 saturated carbocycles. The van der Waals surface area contributed by atoms with E-state index < -0.39 is 5.91 Å². The topological polar surface area (TPSA) is 94.8 Å². The van der Waals surface area contributed by atoms with Crippen molar-refractivity contribution >= 4 is 17.5 Å². The number of benzene rings is 1. The summed E-state index contributed by atoms with van der Waals surface area (Å²) in [5, 5.41) is 0. The fourth-order valence-electron chi connectivity index (χ4n) is 2.52. The molecule has 1 aliphatic rings. The van der Waals surface area contributed by atoms with Gasteiger partial charge in [-0.2, -0.15) is 0 Å². The minimum atomic E-state index is -0.605. The molecule has 2 heterocycles. The minimum absolute atomic E-state index is 0.185. The standard InChI is InChI=1S/C17H17N3O4/c1-11-9-20(13-6-4-8-19-16(13)24-11)17(22)12-5-2-3-7-14(12)23-10-15(18)21/h2-8,11H,9-10H2,1H3,(H2,18,21). The number of hydrogen-bond donors (Lipinski definition) is 1. The van der Waals surface area contributed by atoms with Crippen molar-refractivity contribution in [2.75, 3.05) is 18.1 Å². The van der Waals surface area contributed by atoms with Crippen LogP contribution in [0.25, 0.3) is 0 Å². The number of primary amides is 1. The largest absolute Gasteiger partial charge is 0.483 e. The maximum Gasteiger partial charge on any atom is 0.262 e. The maximum atomic E-state index is 13.0. The summed E-state index contributed by atoms with van der Waals surface area (Å²) in [6.07, 6.45) is 1.43. The molecular formula is C17H17N3O4. The second kappa shape index (κ2) is 6.57. The van der Waals surface area contributed by atoms with Gasteiger partial charge in [0.15, 0.2) is 6.61 Å². The number of anilines is 1. The first kappa shape index (κ1) is 15.8. The number of amides is 2. The van der Waals surface area contributed by atoms with E-state index in [9.17, 15) is 9.59 Å². The number of ether oxygens (including phenoxy) is 2. The van der Waals surface area contributed by atoms with Gasteiger partial charge in [-0.05, 0) is 31.2 Å². The summed E-state index contributed by atoms with van der Waals surface area (Å²) in [6, 6.07) is 10.3. The molecule has 24 heavy (non-hydrogen) atoms. The zero-order chi connectivity index (χ0) is 17.1. The van der Waals surface area contributed by atoms with Crippen LogP contribution in [0.2, 0.25) is 0 Å². The van der Waals surface area contributed by atoms with E-state index in [4.69, 9.17) is 15.2 Å². The van der Waals surface area contributed by atoms with Crippen LogP contribution in [0, 0.1) is 0 Å². The monoisotopic (exact) mass is 327 g/mol. The molecule has 7 nitrogen and oxygen atoms in total. The van der Waals surface area contributed by atoms with E-state index in [1.54, 1.807) is 47.5 Å². The fraction of sp³-hybridized carbons (Fsp3) is 0.235. The van der Waals surface area contributed by atoms with E-state index in [1.165, 1.54) is 0 Å². The van der Waals surface area contributed by atoms with Gasteiger partial charge in [-0.1, -0.05) is 12.1 Å². The normalized spacial score (nSPS) is 16.0. The highest BCUT2D eigenvalue weighted by molar-refractivity contribution is 6.08. The van der Waals surface area contributed by atoms with Gasteiger partial charge < -0.3 is 15.2 Å². The van der Waals surface area contributed by atoms with Gasteiger partial charge in [-0.3, -0.25) is 14.5 Å². The Balaban J connectivity index is 1.94. The van der Waals surface area contributed by atoms with E-state index in [1.807, 2.05) is 6.92 Å². The van der Waals surface area contributed by atoms with Crippen molar-refractivity contribution in [3.05, 3.63) is 48.2 Å². The van der Waals surface area contributed by atoms with Gasteiger partial charge in [0.2, 0.25) is 5.88 Å². The average Bonchev–Trinajstić information content (AvgIpc) is 2.58. The molecule has 0 radical (unpaired) electrons. The van der Waals surface area contributed by atoms with Crippen LogP contribution in [0.5, 0.6) is 11.6 Å². The third kappa shape index (κ3) is 3.15. The number of hydrogen-bond acceptors (Lipinski definition) is 5. The van der Waals surface area contributed by atoms with Gasteiger partial charge in [0.25, 0.3) is 11.8 Å². The van der Waals surface area contributed by atoms with Crippen molar-refractivity contribution in [2.24, 2.45) is 5.73 Å². The third-order valence-corrected chi connectivity index (χ3v) is 3.53. The molecule has 3 rings (SSSR count). The summed E-state index contributed by atoms with van der Waals surface area (Å²) in [4.78, 5) is 29.7. The molecular weight excluding hydrogens is 310 g/mol. The number of rotatable bonds is 4. The molecule has 2 amide bonds. The molecule has 0 saturated heterocycles. The molecule has 124 valence electrons. The Morgan fingerprint density at radius 3 is 2.92 bits per heavy atom. The average molecular weight is 327 g/mol. The predicted octanol–water partition coefficient (Wildman–Crippen LogP) is 1.37. The molecule has 1 aromatic heterocycles. The molecule has 0 bridgehead atoms. The van der Waals surface area contributed by atoms with Gasteiger partial charge in [0, 0.05) is 6.20 Å². The van der Waals surface area contributed by atoms with Crippen LogP contribution in [0.3, 0.4) is 0 Å². The zero-order valence-electron chi connectivity index (χ0n) is 13.1. The van der Waals surface area contributed by atoms with Crippen LogP contribution in [-0.2, 0) is 4.79 Å². The second-order valence-electron chi connectivity index (χ2n) is 5.42. The number of carbonyl (C=O) groups excluding carboxylic acids is 2. The Hall–Kier alpha value is -3.09. The molecule has 2 aromatic rings. The summed E-state index contributed by atoms with van der Waals surface area (Å²) in [6.45, 7) is 1.97. The van der Waals surface area contributed by atoms with Gasteiger partial charge in [-0.15, -0.1) is 0 Å². The van der Waals surface area contributed by atoms with E-state index in [-0.39, 0.29) is 18.6 Å². The van der Waals surface area contributed by atoms with Gasteiger partial charge in [0.05, 0.1) is 12.1 Å². The summed E-state index contributed by atoms with van der Waals surface area (Å²) in [5.41, 5.74) is 6.06. The second-order valence-corrected chi connectivity index (χ2v) is 5.42. The summed E-state index contributed by atoms with van der Waals surface area (Å²) >= 11 is 0. The number of fused-ring (bicyclic) bond motifs is 1. The number of carbonyl (C=O) groups is 2. The predicted molar refractivity (Wildman–Crippen MR) is 87.1 cm³/mol. The highest BCUT2D eigenvalue weighted by Gasteiger charge is 2.30. The van der Waals surface area contributed by atoms with E-state index in [0.29, 0.717) is 29.4 Å². The lowest BCUT2D eigenvalue weighted by Gasteiger charge is -2.32. The van der Waals surface area contributed by atoms with Crippen LogP contribution < -0.4 is 20.1 Å². The Labute approximate surface area is 139 Å². The Bertz CT molecular complexity index is 778. The lowest BCUT2D eigenvalue weighted by atomic mass is 10.1. The number of pyridine rings is 1. The Morgan fingerprint density at radius 2 is 2.12 bits per heavy atom. The quantitative estimate of drug-likeness (QED) is 0.915. The van der Waals surface area contributed by atoms with E-state index >= 15 is 0 Å². The molecule has 1 unspecified atom stereocenters. The number of nitrogens with two attached hydrogens (primary N) is 1. The first-order valence-corrected chi connectivity index (χ1v) is 7.50. The molecule has 1 aromatic carbocycles. The fourth-order valence-corrected chi connectivity index (χ4v) is 2.52. The molecule has 0 spiro atoms. The van der Waals surface area contributed by atoms with Crippen LogP contribution in [0.4, 0.5) is 5.69 Å². The van der Waals surface area contributed by atoms with Crippen LogP contribution in [-0.4, -0.2) is 36.1 Å². The number of nitrogens with zero attached hydrogens (tertiary/aromatic N) is 2. The van der Waals surface area contributed by atoms with Crippen molar-refractivity contribution < 1.29 is 19.1 Å². The van der Waals surface area contributed by atoms with Crippen molar-refractivity contribution in [3.63, 3.8) is 0 Å². The zero-order valence-corrected chi connectivity index (χ0v) is 13.1. The van der Waals surface area contributed by atoms with Crippen LogP contribution >= 0.6 is 0 Å². The number of aromatic nitrogens is 1. The molecule has 0 aliphatic carbocycles. The van der Waals surface area contributed by atoms with E-state index in [2.05, 4.69) is 4.98 Å². The van der Waals surface area contributed by atoms with Gasteiger partial charge in [-0.25, -0.2) is 4.98 Å². The van der Waals surface area contributed by atoms with Crippen molar-refractivity contribution in [1.29, 1.82) is 0 Å². The summed E-state index contributed by atoms with van der Waals surface area (Å²) in [7, 11) is 0. The third-order valence-electron chi connectivity index (χ3n) is 3.53. The first-order chi connectivity index (χ1) is 11.6. The van der Waals surface area contributed by atoms with Gasteiger partial charge >= 0.3 is 0 Å². The van der Waals surface area contributed by atoms with Crippen LogP contribution in [0.1, 0.15) is 17.3 Å². The van der Waals surface area contributed by atoms with Crippen molar-refractivity contribution in [2.45, 2.75) is 13.0 Å². The summed E-state index contributed by atoms with van der Waals surface area (Å²) in [5.74, 6) is -0.128.